The Kier molecular flexibility index (Phi) is 5.67. The van der Waals surface area contributed by atoms with E-state index in [0.29, 0.717) is 19.3 Å². The molecule has 0 rings (SSSR count). The Morgan fingerprint density at radius 3 is 2.80 bits per heavy atom. The average molecular weight is 163 g/mol. The van der Waals surface area contributed by atoms with Crippen LogP contribution in [-0.4, -0.2) is 31.3 Å². The van der Waals surface area contributed by atoms with Crippen LogP contribution in [0.4, 0.5) is 0 Å². The van der Waals surface area contributed by atoms with Crippen molar-refractivity contribution in [1.82, 2.24) is 0 Å². The van der Waals surface area contributed by atoms with Crippen LogP contribution < -0.4 is 5.73 Å². The van der Waals surface area contributed by atoms with Crippen LogP contribution in [0.3, 0.4) is 0 Å². The molecule has 60 valence electrons. The Bertz CT molecular complexity index is 99.7. The van der Waals surface area contributed by atoms with Gasteiger partial charge in [0.15, 0.2) is 0 Å². The molecule has 0 spiro atoms. The predicted molar refractivity (Wildman–Crippen MR) is 43.3 cm³/mol. The molecule has 4 heteroatoms. The van der Waals surface area contributed by atoms with E-state index < -0.39 is 6.04 Å². The number of carbonyl (C=O) groups excluding carboxylic acids is 1. The number of carbonyl (C=O) groups is 1. The number of thiol groups is 1. The molecule has 2 atom stereocenters. The maximum absolute atomic E-state index is 10.1. The lowest BCUT2D eigenvalue weighted by atomic mass is 10.2. The largest absolute Gasteiger partial charge is 0.385 e. The molecule has 3 nitrogen and oxygen atoms in total. The number of hydrogen-bond donors (Lipinski definition) is 2. The number of rotatable bonds is 5. The maximum atomic E-state index is 10.1. The predicted octanol–water partition coefficient (Wildman–Crippen LogP) is -0.152. The van der Waals surface area contributed by atoms with Gasteiger partial charge in [0.05, 0.1) is 6.04 Å². The average Bonchev–Trinajstić information content (AvgIpc) is 1.98. The SMILES string of the molecule is COCCC(S)C(N)C=O. The van der Waals surface area contributed by atoms with Crippen molar-refractivity contribution in [3.63, 3.8) is 0 Å². The van der Waals surface area contributed by atoms with Gasteiger partial charge in [0.25, 0.3) is 0 Å². The lowest BCUT2D eigenvalue weighted by molar-refractivity contribution is -0.108. The first-order valence-corrected chi connectivity index (χ1v) is 3.62. The van der Waals surface area contributed by atoms with Gasteiger partial charge in [0.1, 0.15) is 6.29 Å². The van der Waals surface area contributed by atoms with Gasteiger partial charge in [-0.1, -0.05) is 0 Å². The Labute approximate surface area is 66.3 Å². The fourth-order valence-corrected chi connectivity index (χ4v) is 0.697. The van der Waals surface area contributed by atoms with Gasteiger partial charge in [-0.25, -0.2) is 0 Å². The summed E-state index contributed by atoms with van der Waals surface area (Å²) in [5.41, 5.74) is 5.36. The van der Waals surface area contributed by atoms with Crippen molar-refractivity contribution in [2.45, 2.75) is 17.7 Å². The molecule has 0 aliphatic rings. The van der Waals surface area contributed by atoms with Gasteiger partial charge in [-0.05, 0) is 6.42 Å². The van der Waals surface area contributed by atoms with E-state index in [2.05, 4.69) is 12.6 Å². The van der Waals surface area contributed by atoms with Gasteiger partial charge in [-0.3, -0.25) is 0 Å². The monoisotopic (exact) mass is 163 g/mol. The molecule has 0 amide bonds. The number of nitrogens with two attached hydrogens (primary N) is 1. The van der Waals surface area contributed by atoms with E-state index in [1.54, 1.807) is 7.11 Å². The molecule has 0 aromatic carbocycles. The van der Waals surface area contributed by atoms with Crippen molar-refractivity contribution in [3.8, 4) is 0 Å². The molecule has 2 N–H and O–H groups in total. The maximum Gasteiger partial charge on any atom is 0.137 e. The zero-order valence-electron chi connectivity index (χ0n) is 5.99. The zero-order valence-corrected chi connectivity index (χ0v) is 6.88. The number of hydrogen-bond acceptors (Lipinski definition) is 4. The minimum Gasteiger partial charge on any atom is -0.385 e. The molecule has 0 saturated carbocycles. The van der Waals surface area contributed by atoms with Gasteiger partial charge in [0.2, 0.25) is 0 Å². The van der Waals surface area contributed by atoms with Crippen molar-refractivity contribution in [2.24, 2.45) is 5.73 Å². The van der Waals surface area contributed by atoms with E-state index in [-0.39, 0.29) is 5.25 Å². The van der Waals surface area contributed by atoms with E-state index in [9.17, 15) is 4.79 Å². The topological polar surface area (TPSA) is 52.3 Å². The number of methoxy groups -OCH3 is 1. The highest BCUT2D eigenvalue weighted by Crippen LogP contribution is 2.03. The Hall–Kier alpha value is -0.0600. The first-order chi connectivity index (χ1) is 4.72. The summed E-state index contributed by atoms with van der Waals surface area (Å²) in [5, 5.41) is -0.0857. The van der Waals surface area contributed by atoms with Crippen molar-refractivity contribution in [2.75, 3.05) is 13.7 Å². The molecule has 0 fully saturated rings. The molecule has 2 unspecified atom stereocenters. The summed E-state index contributed by atoms with van der Waals surface area (Å²) in [7, 11) is 1.60. The van der Waals surface area contributed by atoms with Crippen LogP contribution in [0.25, 0.3) is 0 Å². The lowest BCUT2D eigenvalue weighted by Gasteiger charge is -2.11. The molecular weight excluding hydrogens is 150 g/mol. The first-order valence-electron chi connectivity index (χ1n) is 3.10. The molecule has 0 aromatic rings. The van der Waals surface area contributed by atoms with Crippen LogP contribution in [0.15, 0.2) is 0 Å². The fourth-order valence-electron chi connectivity index (χ4n) is 0.522. The summed E-state index contributed by atoms with van der Waals surface area (Å²) in [6.07, 6.45) is 1.41. The molecule has 0 aromatic heterocycles. The highest BCUT2D eigenvalue weighted by atomic mass is 32.1. The third-order valence-electron chi connectivity index (χ3n) is 1.22. The van der Waals surface area contributed by atoms with Crippen LogP contribution in [-0.2, 0) is 9.53 Å². The van der Waals surface area contributed by atoms with Gasteiger partial charge in [-0.15, -0.1) is 0 Å². The van der Waals surface area contributed by atoms with Gasteiger partial charge in [0, 0.05) is 19.0 Å². The van der Waals surface area contributed by atoms with Crippen LogP contribution in [0.5, 0.6) is 0 Å². The van der Waals surface area contributed by atoms with Gasteiger partial charge < -0.3 is 15.3 Å². The summed E-state index contributed by atoms with van der Waals surface area (Å²) < 4.78 is 4.79. The van der Waals surface area contributed by atoms with E-state index in [0.717, 1.165) is 0 Å². The van der Waals surface area contributed by atoms with Crippen molar-refractivity contribution in [3.05, 3.63) is 0 Å². The Morgan fingerprint density at radius 1 is 1.80 bits per heavy atom. The van der Waals surface area contributed by atoms with Crippen molar-refractivity contribution in [1.29, 1.82) is 0 Å². The third kappa shape index (κ3) is 3.87. The van der Waals surface area contributed by atoms with Crippen LogP contribution in [0.2, 0.25) is 0 Å². The second-order valence-corrected chi connectivity index (χ2v) is 2.73. The van der Waals surface area contributed by atoms with Crippen molar-refractivity contribution >= 4 is 18.9 Å². The second kappa shape index (κ2) is 5.70. The molecule has 0 bridgehead atoms. The summed E-state index contributed by atoms with van der Waals surface area (Å²) in [4.78, 5) is 10.1. The molecule has 0 heterocycles. The van der Waals surface area contributed by atoms with Crippen LogP contribution in [0.1, 0.15) is 6.42 Å². The highest BCUT2D eigenvalue weighted by molar-refractivity contribution is 7.81. The molecule has 0 aliphatic heterocycles. The van der Waals surface area contributed by atoms with E-state index in [1.165, 1.54) is 0 Å². The van der Waals surface area contributed by atoms with Crippen LogP contribution in [0, 0.1) is 0 Å². The molecule has 0 saturated heterocycles. The smallest absolute Gasteiger partial charge is 0.137 e. The van der Waals surface area contributed by atoms with Crippen molar-refractivity contribution < 1.29 is 9.53 Å². The van der Waals surface area contributed by atoms with E-state index in [4.69, 9.17) is 10.5 Å². The van der Waals surface area contributed by atoms with E-state index in [1.807, 2.05) is 0 Å². The Balaban J connectivity index is 3.40. The van der Waals surface area contributed by atoms with Crippen LogP contribution >= 0.6 is 12.6 Å². The van der Waals surface area contributed by atoms with Gasteiger partial charge >= 0.3 is 0 Å². The molecule has 10 heavy (non-hydrogen) atoms. The standard InChI is InChI=1S/C6H13NO2S/c1-9-3-2-6(10)5(7)4-8/h4-6,10H,2-3,7H2,1H3. The summed E-state index contributed by atoms with van der Waals surface area (Å²) in [6, 6.07) is -0.474. The molecule has 0 aliphatic carbocycles. The Morgan fingerprint density at radius 2 is 2.40 bits per heavy atom. The van der Waals surface area contributed by atoms with E-state index >= 15 is 0 Å². The summed E-state index contributed by atoms with van der Waals surface area (Å²) in [6.45, 7) is 0.593. The van der Waals surface area contributed by atoms with Gasteiger partial charge in [-0.2, -0.15) is 12.6 Å². The molecule has 0 radical (unpaired) electrons. The highest BCUT2D eigenvalue weighted by Gasteiger charge is 2.11. The normalized spacial score (nSPS) is 16.3. The number of aldehydes is 1. The lowest BCUT2D eigenvalue weighted by Crippen LogP contribution is -2.33. The summed E-state index contributed by atoms with van der Waals surface area (Å²) >= 11 is 4.10. The third-order valence-corrected chi connectivity index (χ3v) is 1.82. The molecular formula is C6H13NO2S. The quantitative estimate of drug-likeness (QED) is 0.437. The minimum atomic E-state index is -0.474. The fraction of sp³-hybridized carbons (Fsp3) is 0.833. The zero-order chi connectivity index (χ0) is 7.98. The summed E-state index contributed by atoms with van der Waals surface area (Å²) in [5.74, 6) is 0. The minimum absolute atomic E-state index is 0.0857. The number of ether oxygens (including phenoxy) is 1. The first kappa shape index (κ1) is 9.94. The second-order valence-electron chi connectivity index (χ2n) is 2.06.